The Bertz CT molecular complexity index is 720. The summed E-state index contributed by atoms with van der Waals surface area (Å²) in [5.41, 5.74) is 1.19. The average Bonchev–Trinajstić information content (AvgIpc) is 3.01. The van der Waals surface area contributed by atoms with Crippen LogP contribution in [0.25, 0.3) is 0 Å². The highest BCUT2D eigenvalue weighted by molar-refractivity contribution is 6.31. The number of anilines is 1. The van der Waals surface area contributed by atoms with E-state index < -0.39 is 6.04 Å². The van der Waals surface area contributed by atoms with Gasteiger partial charge in [-0.15, -0.1) is 0 Å². The van der Waals surface area contributed by atoms with Crippen LogP contribution in [-0.4, -0.2) is 38.4 Å². The molecule has 2 aromatic rings. The number of hydrogen-bond donors (Lipinski definition) is 2. The molecule has 0 aromatic carbocycles. The molecule has 2 amide bonds. The van der Waals surface area contributed by atoms with Crippen LogP contribution in [0, 0.1) is 6.92 Å². The molecule has 0 radical (unpaired) electrons. The van der Waals surface area contributed by atoms with Gasteiger partial charge < -0.3 is 10.6 Å². The minimum atomic E-state index is -0.578. The predicted octanol–water partition coefficient (Wildman–Crippen LogP) is 1.14. The first kappa shape index (κ1) is 16.0. The second kappa shape index (κ2) is 6.18. The Morgan fingerprint density at radius 1 is 1.41 bits per heavy atom. The summed E-state index contributed by atoms with van der Waals surface area (Å²) < 4.78 is 2.98. The number of rotatable bonds is 4. The molecular formula is C13H17ClN6O2. The maximum absolute atomic E-state index is 12.4. The van der Waals surface area contributed by atoms with Crippen molar-refractivity contribution in [2.24, 2.45) is 7.05 Å². The van der Waals surface area contributed by atoms with Crippen molar-refractivity contribution in [3.05, 3.63) is 28.8 Å². The molecule has 8 nitrogen and oxygen atoms in total. The number of halogens is 1. The fourth-order valence-electron chi connectivity index (χ4n) is 2.01. The van der Waals surface area contributed by atoms with E-state index in [0.29, 0.717) is 16.4 Å². The molecule has 0 saturated carbocycles. The van der Waals surface area contributed by atoms with E-state index in [9.17, 15) is 9.59 Å². The van der Waals surface area contributed by atoms with Crippen LogP contribution in [-0.2, 0) is 11.8 Å². The van der Waals surface area contributed by atoms with Crippen LogP contribution in [0.4, 0.5) is 5.69 Å². The Kier molecular flexibility index (Phi) is 4.51. The Balaban J connectivity index is 2.22. The summed E-state index contributed by atoms with van der Waals surface area (Å²) in [6.45, 7) is 3.47. The molecular weight excluding hydrogens is 308 g/mol. The number of carbonyl (C=O) groups excluding carboxylic acids is 2. The Labute approximate surface area is 132 Å². The third-order valence-corrected chi connectivity index (χ3v) is 3.63. The zero-order valence-corrected chi connectivity index (χ0v) is 13.5. The molecule has 1 unspecified atom stereocenters. The SMILES string of the molecule is CNC(=O)c1nn(C)cc1NC(=O)C(C)n1ncc(Cl)c1C. The molecule has 2 N–H and O–H groups in total. The highest BCUT2D eigenvalue weighted by Crippen LogP contribution is 2.20. The zero-order valence-electron chi connectivity index (χ0n) is 12.7. The summed E-state index contributed by atoms with van der Waals surface area (Å²) in [6.07, 6.45) is 3.05. The van der Waals surface area contributed by atoms with E-state index in [1.165, 1.54) is 22.6 Å². The van der Waals surface area contributed by atoms with Gasteiger partial charge in [-0.2, -0.15) is 10.2 Å². The van der Waals surface area contributed by atoms with Gasteiger partial charge in [0.25, 0.3) is 5.91 Å². The molecule has 0 bridgehead atoms. The molecule has 0 aliphatic carbocycles. The molecule has 22 heavy (non-hydrogen) atoms. The molecule has 2 heterocycles. The van der Waals surface area contributed by atoms with Crippen LogP contribution in [0.1, 0.15) is 29.1 Å². The fourth-order valence-corrected chi connectivity index (χ4v) is 2.14. The summed E-state index contributed by atoms with van der Waals surface area (Å²) in [5, 5.41) is 13.8. The lowest BCUT2D eigenvalue weighted by atomic mass is 10.2. The van der Waals surface area contributed by atoms with Gasteiger partial charge in [0.1, 0.15) is 6.04 Å². The van der Waals surface area contributed by atoms with Crippen LogP contribution in [0.15, 0.2) is 12.4 Å². The smallest absolute Gasteiger partial charge is 0.273 e. The molecule has 118 valence electrons. The maximum atomic E-state index is 12.4. The molecule has 2 rings (SSSR count). The normalized spacial score (nSPS) is 12.0. The van der Waals surface area contributed by atoms with E-state index in [0.717, 1.165) is 0 Å². The summed E-state index contributed by atoms with van der Waals surface area (Å²) in [6, 6.07) is -0.578. The van der Waals surface area contributed by atoms with Gasteiger partial charge in [0.2, 0.25) is 5.91 Å². The Morgan fingerprint density at radius 3 is 2.64 bits per heavy atom. The van der Waals surface area contributed by atoms with Crippen LogP contribution < -0.4 is 10.6 Å². The van der Waals surface area contributed by atoms with Crippen molar-refractivity contribution >= 4 is 29.1 Å². The van der Waals surface area contributed by atoms with Crippen molar-refractivity contribution in [3.8, 4) is 0 Å². The molecule has 0 aliphatic rings. The largest absolute Gasteiger partial charge is 0.354 e. The van der Waals surface area contributed by atoms with Gasteiger partial charge in [-0.1, -0.05) is 11.6 Å². The topological polar surface area (TPSA) is 93.8 Å². The fraction of sp³-hybridized carbons (Fsp3) is 0.385. The Morgan fingerprint density at radius 2 is 2.09 bits per heavy atom. The van der Waals surface area contributed by atoms with E-state index in [1.54, 1.807) is 27.1 Å². The van der Waals surface area contributed by atoms with Crippen LogP contribution in [0.2, 0.25) is 5.02 Å². The van der Waals surface area contributed by atoms with Crippen molar-refractivity contribution in [2.75, 3.05) is 12.4 Å². The summed E-state index contributed by atoms with van der Waals surface area (Å²) in [5.74, 6) is -0.692. The molecule has 0 fully saturated rings. The summed E-state index contributed by atoms with van der Waals surface area (Å²) in [7, 11) is 3.17. The lowest BCUT2D eigenvalue weighted by Crippen LogP contribution is -2.27. The van der Waals surface area contributed by atoms with Gasteiger partial charge in [-0.3, -0.25) is 19.0 Å². The number of aromatic nitrogens is 4. The first-order chi connectivity index (χ1) is 10.3. The third-order valence-electron chi connectivity index (χ3n) is 3.26. The number of nitrogens with one attached hydrogen (secondary N) is 2. The molecule has 0 spiro atoms. The van der Waals surface area contributed by atoms with Crippen LogP contribution >= 0.6 is 11.6 Å². The van der Waals surface area contributed by atoms with E-state index in [-0.39, 0.29) is 17.5 Å². The number of carbonyl (C=O) groups is 2. The minimum Gasteiger partial charge on any atom is -0.354 e. The van der Waals surface area contributed by atoms with Crippen LogP contribution in [0.3, 0.4) is 0 Å². The van der Waals surface area contributed by atoms with Gasteiger partial charge in [0.05, 0.1) is 22.6 Å². The van der Waals surface area contributed by atoms with Crippen molar-refractivity contribution in [2.45, 2.75) is 19.9 Å². The van der Waals surface area contributed by atoms with Gasteiger partial charge in [0, 0.05) is 20.3 Å². The minimum absolute atomic E-state index is 0.153. The predicted molar refractivity (Wildman–Crippen MR) is 81.9 cm³/mol. The number of nitrogens with zero attached hydrogens (tertiary/aromatic N) is 4. The van der Waals surface area contributed by atoms with Gasteiger partial charge in [-0.05, 0) is 13.8 Å². The molecule has 0 aliphatic heterocycles. The van der Waals surface area contributed by atoms with Crippen molar-refractivity contribution in [1.29, 1.82) is 0 Å². The van der Waals surface area contributed by atoms with Gasteiger partial charge in [-0.25, -0.2) is 0 Å². The molecule has 1 atom stereocenters. The molecule has 9 heteroatoms. The lowest BCUT2D eigenvalue weighted by molar-refractivity contribution is -0.119. The Hall–Kier alpha value is -2.35. The maximum Gasteiger partial charge on any atom is 0.273 e. The second-order valence-electron chi connectivity index (χ2n) is 4.83. The number of amides is 2. The lowest BCUT2D eigenvalue weighted by Gasteiger charge is -2.14. The van der Waals surface area contributed by atoms with Gasteiger partial charge >= 0.3 is 0 Å². The molecule has 2 aromatic heterocycles. The van der Waals surface area contributed by atoms with Gasteiger partial charge in [0.15, 0.2) is 5.69 Å². The molecule has 0 saturated heterocycles. The van der Waals surface area contributed by atoms with Crippen molar-refractivity contribution < 1.29 is 9.59 Å². The average molecular weight is 325 g/mol. The van der Waals surface area contributed by atoms with E-state index in [2.05, 4.69) is 20.8 Å². The number of aryl methyl sites for hydroxylation is 1. The number of hydrogen-bond acceptors (Lipinski definition) is 4. The first-order valence-electron chi connectivity index (χ1n) is 6.61. The zero-order chi connectivity index (χ0) is 16.4. The summed E-state index contributed by atoms with van der Waals surface area (Å²) >= 11 is 5.95. The highest BCUT2D eigenvalue weighted by Gasteiger charge is 2.22. The highest BCUT2D eigenvalue weighted by atomic mass is 35.5. The van der Waals surface area contributed by atoms with Crippen molar-refractivity contribution in [1.82, 2.24) is 24.9 Å². The van der Waals surface area contributed by atoms with E-state index in [1.807, 2.05) is 0 Å². The van der Waals surface area contributed by atoms with E-state index in [4.69, 9.17) is 11.6 Å². The van der Waals surface area contributed by atoms with Crippen molar-refractivity contribution in [3.63, 3.8) is 0 Å². The third kappa shape index (κ3) is 2.96. The first-order valence-corrected chi connectivity index (χ1v) is 6.99. The second-order valence-corrected chi connectivity index (χ2v) is 5.24. The summed E-state index contributed by atoms with van der Waals surface area (Å²) in [4.78, 5) is 24.1. The standard InChI is InChI=1S/C13H17ClN6O2/c1-7-9(14)5-16-20(7)8(2)12(21)17-10-6-19(4)18-11(10)13(22)15-3/h5-6,8H,1-4H3,(H,15,22)(H,17,21). The van der Waals surface area contributed by atoms with Crippen LogP contribution in [0.5, 0.6) is 0 Å². The van der Waals surface area contributed by atoms with E-state index >= 15 is 0 Å². The quantitative estimate of drug-likeness (QED) is 0.881. The monoisotopic (exact) mass is 324 g/mol.